The van der Waals surface area contributed by atoms with Gasteiger partial charge in [0.05, 0.1) is 6.20 Å². The molecule has 0 unspecified atom stereocenters. The van der Waals surface area contributed by atoms with Crippen molar-refractivity contribution >= 4 is 23.2 Å². The molecule has 0 saturated heterocycles. The Morgan fingerprint density at radius 2 is 1.64 bits per heavy atom. The molecule has 0 spiro atoms. The van der Waals surface area contributed by atoms with Crippen molar-refractivity contribution in [3.05, 3.63) is 52.8 Å². The van der Waals surface area contributed by atoms with Gasteiger partial charge < -0.3 is 0 Å². The van der Waals surface area contributed by atoms with Crippen molar-refractivity contribution in [3.63, 3.8) is 0 Å². The third-order valence-electron chi connectivity index (χ3n) is 1.20. The number of rotatable bonds is 0. The molecule has 3 nitrogen and oxygen atoms in total. The Balaban J connectivity index is 0.000000140. The fraction of sp³-hybridized carbons (Fsp3) is 0. The van der Waals surface area contributed by atoms with E-state index in [0.29, 0.717) is 5.15 Å². The highest BCUT2D eigenvalue weighted by Gasteiger charge is 1.79. The number of benzene rings is 1. The summed E-state index contributed by atoms with van der Waals surface area (Å²) in [6, 6.07) is 11.0. The van der Waals surface area contributed by atoms with E-state index in [9.17, 15) is 0 Å². The maximum absolute atomic E-state index is 5.54. The molecule has 0 atom stereocenters. The van der Waals surface area contributed by atoms with Gasteiger partial charge >= 0.3 is 0 Å². The Morgan fingerprint density at radius 1 is 0.929 bits per heavy atom. The molecular formula is C9H7Cl2N3. The van der Waals surface area contributed by atoms with Crippen molar-refractivity contribution in [3.8, 4) is 0 Å². The standard InChI is InChI=1S/C6H5Cl.C3H2ClN3/c7-6-4-2-1-3-5-6;4-3-1-2-5-7-6-3/h1-5H;1-2H. The molecule has 0 aliphatic rings. The molecule has 2 aromatic rings. The van der Waals surface area contributed by atoms with Crippen molar-refractivity contribution in [1.29, 1.82) is 0 Å². The van der Waals surface area contributed by atoms with Gasteiger partial charge in [0.1, 0.15) is 0 Å². The van der Waals surface area contributed by atoms with Crippen LogP contribution in [0.4, 0.5) is 0 Å². The van der Waals surface area contributed by atoms with Crippen LogP contribution in [0.25, 0.3) is 0 Å². The Kier molecular flexibility index (Phi) is 4.89. The molecule has 5 heteroatoms. The molecule has 0 N–H and O–H groups in total. The first kappa shape index (κ1) is 10.9. The largest absolute Gasteiger partial charge is 0.155 e. The molecule has 0 radical (unpaired) electrons. The minimum Gasteiger partial charge on any atom is -0.139 e. The number of hydrogen-bond donors (Lipinski definition) is 0. The monoisotopic (exact) mass is 227 g/mol. The van der Waals surface area contributed by atoms with E-state index in [1.54, 1.807) is 6.07 Å². The highest BCUT2D eigenvalue weighted by molar-refractivity contribution is 6.30. The molecule has 0 amide bonds. The van der Waals surface area contributed by atoms with Gasteiger partial charge in [0.25, 0.3) is 0 Å². The number of aromatic nitrogens is 3. The van der Waals surface area contributed by atoms with Gasteiger partial charge in [0, 0.05) is 5.02 Å². The van der Waals surface area contributed by atoms with Gasteiger partial charge in [0.2, 0.25) is 0 Å². The van der Waals surface area contributed by atoms with Gasteiger partial charge in [-0.05, 0) is 23.4 Å². The average molecular weight is 228 g/mol. The van der Waals surface area contributed by atoms with E-state index < -0.39 is 0 Å². The normalized spacial score (nSPS) is 8.71. The predicted octanol–water partition coefficient (Wildman–Crippen LogP) is 2.87. The van der Waals surface area contributed by atoms with Crippen LogP contribution in [-0.4, -0.2) is 15.4 Å². The molecule has 72 valence electrons. The van der Waals surface area contributed by atoms with E-state index in [4.69, 9.17) is 23.2 Å². The highest BCUT2D eigenvalue weighted by atomic mass is 35.5. The molecule has 1 heterocycles. The van der Waals surface area contributed by atoms with E-state index in [1.165, 1.54) is 6.20 Å². The molecule has 0 fully saturated rings. The molecule has 0 saturated carbocycles. The zero-order valence-corrected chi connectivity index (χ0v) is 8.65. The molecule has 2 rings (SSSR count). The van der Waals surface area contributed by atoms with Gasteiger partial charge in [-0.1, -0.05) is 41.4 Å². The first-order valence-corrected chi connectivity index (χ1v) is 4.55. The summed E-state index contributed by atoms with van der Waals surface area (Å²) in [5, 5.41) is 11.2. The minimum atomic E-state index is 0.370. The molecule has 0 bridgehead atoms. The number of hydrogen-bond acceptors (Lipinski definition) is 3. The maximum atomic E-state index is 5.54. The lowest BCUT2D eigenvalue weighted by molar-refractivity contribution is 0.865. The molecule has 0 aliphatic heterocycles. The summed E-state index contributed by atoms with van der Waals surface area (Å²) in [7, 11) is 0. The van der Waals surface area contributed by atoms with E-state index in [2.05, 4.69) is 15.4 Å². The summed E-state index contributed by atoms with van der Waals surface area (Å²) in [4.78, 5) is 0. The smallest absolute Gasteiger partial charge is 0.139 e. The van der Waals surface area contributed by atoms with Crippen molar-refractivity contribution in [2.45, 2.75) is 0 Å². The quantitative estimate of drug-likeness (QED) is 0.695. The van der Waals surface area contributed by atoms with Gasteiger partial charge in [-0.2, -0.15) is 0 Å². The second-order valence-corrected chi connectivity index (χ2v) is 3.06. The summed E-state index contributed by atoms with van der Waals surface area (Å²) < 4.78 is 0. The van der Waals surface area contributed by atoms with Crippen LogP contribution in [0.15, 0.2) is 42.6 Å². The lowest BCUT2D eigenvalue weighted by Crippen LogP contribution is -1.81. The molecule has 1 aromatic heterocycles. The fourth-order valence-electron chi connectivity index (χ4n) is 0.641. The maximum Gasteiger partial charge on any atom is 0.155 e. The van der Waals surface area contributed by atoms with Crippen LogP contribution >= 0.6 is 23.2 Å². The predicted molar refractivity (Wildman–Crippen MR) is 56.3 cm³/mol. The lowest BCUT2D eigenvalue weighted by atomic mass is 10.4. The summed E-state index contributed by atoms with van der Waals surface area (Å²) in [6.07, 6.45) is 1.48. The number of nitrogens with zero attached hydrogens (tertiary/aromatic N) is 3. The summed E-state index contributed by atoms with van der Waals surface area (Å²) >= 11 is 10.9. The van der Waals surface area contributed by atoms with E-state index in [0.717, 1.165) is 5.02 Å². The Hall–Kier alpha value is -1.19. The van der Waals surface area contributed by atoms with Crippen LogP contribution in [-0.2, 0) is 0 Å². The average Bonchev–Trinajstić information content (AvgIpc) is 2.21. The van der Waals surface area contributed by atoms with Gasteiger partial charge in [0.15, 0.2) is 5.15 Å². The first-order valence-electron chi connectivity index (χ1n) is 3.79. The summed E-state index contributed by atoms with van der Waals surface area (Å²) in [6.45, 7) is 0. The SMILES string of the molecule is Clc1ccccc1.Clc1ccnnn1. The molecule has 1 aromatic carbocycles. The van der Waals surface area contributed by atoms with Crippen molar-refractivity contribution in [2.24, 2.45) is 0 Å². The van der Waals surface area contributed by atoms with Gasteiger partial charge in [-0.15, -0.1) is 10.2 Å². The topological polar surface area (TPSA) is 38.7 Å². The van der Waals surface area contributed by atoms with Crippen LogP contribution < -0.4 is 0 Å². The molecule has 14 heavy (non-hydrogen) atoms. The Labute approximate surface area is 91.7 Å². The van der Waals surface area contributed by atoms with Crippen molar-refractivity contribution in [1.82, 2.24) is 15.4 Å². The zero-order chi connectivity index (χ0) is 10.2. The second kappa shape index (κ2) is 6.29. The van der Waals surface area contributed by atoms with Crippen molar-refractivity contribution in [2.75, 3.05) is 0 Å². The number of halogens is 2. The van der Waals surface area contributed by atoms with Crippen LogP contribution in [0.3, 0.4) is 0 Å². The first-order chi connectivity index (χ1) is 6.79. The summed E-state index contributed by atoms with van der Waals surface area (Å²) in [5.41, 5.74) is 0. The fourth-order valence-corrected chi connectivity index (χ4v) is 0.877. The third kappa shape index (κ3) is 4.74. The van der Waals surface area contributed by atoms with E-state index in [-0.39, 0.29) is 0 Å². The zero-order valence-electron chi connectivity index (χ0n) is 7.14. The van der Waals surface area contributed by atoms with Gasteiger partial charge in [-0.3, -0.25) is 0 Å². The molecular weight excluding hydrogens is 221 g/mol. The molecule has 0 aliphatic carbocycles. The highest BCUT2D eigenvalue weighted by Crippen LogP contribution is 2.03. The van der Waals surface area contributed by atoms with E-state index in [1.807, 2.05) is 30.3 Å². The van der Waals surface area contributed by atoms with Crippen LogP contribution in [0, 0.1) is 0 Å². The van der Waals surface area contributed by atoms with Crippen LogP contribution in [0.1, 0.15) is 0 Å². The Morgan fingerprint density at radius 3 is 1.93 bits per heavy atom. The summed E-state index contributed by atoms with van der Waals surface area (Å²) in [5.74, 6) is 0. The lowest BCUT2D eigenvalue weighted by Gasteiger charge is -1.80. The third-order valence-corrected chi connectivity index (χ3v) is 1.66. The van der Waals surface area contributed by atoms with Gasteiger partial charge in [-0.25, -0.2) is 0 Å². The minimum absolute atomic E-state index is 0.370. The Bertz CT molecular complexity index is 315. The van der Waals surface area contributed by atoms with Crippen LogP contribution in [0.5, 0.6) is 0 Å². The van der Waals surface area contributed by atoms with Crippen LogP contribution in [0.2, 0.25) is 10.2 Å². The van der Waals surface area contributed by atoms with Crippen molar-refractivity contribution < 1.29 is 0 Å². The second-order valence-electron chi connectivity index (χ2n) is 2.24. The van der Waals surface area contributed by atoms with E-state index >= 15 is 0 Å².